The van der Waals surface area contributed by atoms with Gasteiger partial charge in [-0.05, 0) is 25.0 Å². The Kier molecular flexibility index (Phi) is 4.72. The van der Waals surface area contributed by atoms with Crippen LogP contribution in [0.1, 0.15) is 23.2 Å². The van der Waals surface area contributed by atoms with Crippen molar-refractivity contribution in [2.75, 3.05) is 25.4 Å². The Morgan fingerprint density at radius 3 is 2.75 bits per heavy atom. The summed E-state index contributed by atoms with van der Waals surface area (Å²) in [5.41, 5.74) is -0.0333. The third kappa shape index (κ3) is 3.55. The summed E-state index contributed by atoms with van der Waals surface area (Å²) in [6, 6.07) is 5.69. The van der Waals surface area contributed by atoms with Crippen LogP contribution in [0.5, 0.6) is 0 Å². The molecule has 1 N–H and O–H groups in total. The molecule has 0 spiro atoms. The lowest BCUT2D eigenvalue weighted by atomic mass is 10.2. The molecule has 0 unspecified atom stereocenters. The van der Waals surface area contributed by atoms with Gasteiger partial charge in [-0.25, -0.2) is 17.1 Å². The van der Waals surface area contributed by atoms with Gasteiger partial charge in [-0.2, -0.15) is 0 Å². The third-order valence-corrected chi connectivity index (χ3v) is 5.17. The van der Waals surface area contributed by atoms with E-state index in [1.807, 2.05) is 0 Å². The van der Waals surface area contributed by atoms with Gasteiger partial charge in [-0.1, -0.05) is 12.1 Å². The Morgan fingerprint density at radius 1 is 1.30 bits per heavy atom. The van der Waals surface area contributed by atoms with E-state index in [9.17, 15) is 17.6 Å². The van der Waals surface area contributed by atoms with Gasteiger partial charge >= 0.3 is 0 Å². The van der Waals surface area contributed by atoms with Gasteiger partial charge in [0.1, 0.15) is 5.82 Å². The predicted molar refractivity (Wildman–Crippen MR) is 73.3 cm³/mol. The second kappa shape index (κ2) is 6.32. The number of rotatable bonds is 4. The average molecular weight is 300 g/mol. The van der Waals surface area contributed by atoms with Crippen LogP contribution in [0.15, 0.2) is 24.3 Å². The van der Waals surface area contributed by atoms with Crippen LogP contribution in [0.3, 0.4) is 0 Å². The minimum atomic E-state index is -3.19. The van der Waals surface area contributed by atoms with E-state index in [0.717, 1.165) is 6.42 Å². The molecule has 0 aromatic heterocycles. The highest BCUT2D eigenvalue weighted by Gasteiger charge is 2.25. The van der Waals surface area contributed by atoms with Gasteiger partial charge in [0.15, 0.2) is 0 Å². The highest BCUT2D eigenvalue weighted by molar-refractivity contribution is 7.89. The van der Waals surface area contributed by atoms with Crippen molar-refractivity contribution >= 4 is 15.9 Å². The van der Waals surface area contributed by atoms with Gasteiger partial charge in [-0.3, -0.25) is 4.79 Å². The summed E-state index contributed by atoms with van der Waals surface area (Å²) < 4.78 is 38.2. The van der Waals surface area contributed by atoms with Gasteiger partial charge in [0.2, 0.25) is 10.0 Å². The molecule has 0 radical (unpaired) electrons. The quantitative estimate of drug-likeness (QED) is 0.901. The molecule has 110 valence electrons. The molecule has 0 atom stereocenters. The summed E-state index contributed by atoms with van der Waals surface area (Å²) >= 11 is 0. The van der Waals surface area contributed by atoms with Crippen molar-refractivity contribution in [3.05, 3.63) is 35.6 Å². The van der Waals surface area contributed by atoms with Crippen LogP contribution >= 0.6 is 0 Å². The number of benzene rings is 1. The second-order valence-corrected chi connectivity index (χ2v) is 6.75. The molecule has 2 rings (SSSR count). The Morgan fingerprint density at radius 2 is 2.05 bits per heavy atom. The van der Waals surface area contributed by atoms with Crippen molar-refractivity contribution in [3.63, 3.8) is 0 Å². The van der Waals surface area contributed by atoms with Crippen LogP contribution < -0.4 is 5.32 Å². The molecule has 1 fully saturated rings. The Labute approximate surface area is 117 Å². The van der Waals surface area contributed by atoms with Crippen LogP contribution in [-0.2, 0) is 10.0 Å². The van der Waals surface area contributed by atoms with E-state index in [0.29, 0.717) is 13.0 Å². The molecule has 1 aliphatic rings. The number of nitrogens with one attached hydrogen (secondary N) is 1. The van der Waals surface area contributed by atoms with Crippen LogP contribution in [0.4, 0.5) is 4.39 Å². The zero-order valence-electron chi connectivity index (χ0n) is 11.0. The fraction of sp³-hybridized carbons (Fsp3) is 0.462. The normalized spacial score (nSPS) is 18.6. The average Bonchev–Trinajstić information content (AvgIpc) is 2.41. The van der Waals surface area contributed by atoms with E-state index in [4.69, 9.17) is 0 Å². The zero-order valence-corrected chi connectivity index (χ0v) is 11.8. The minimum absolute atomic E-state index is 0.0333. The number of halogens is 1. The Balaban J connectivity index is 1.87. The molecule has 1 saturated heterocycles. The standard InChI is InChI=1S/C13H17FN2O3S/c14-12-6-2-1-5-11(12)13(17)15-7-9-16-8-3-4-10-20(16,18)19/h1-2,5-6H,3-4,7-10H2,(H,15,17). The molecular formula is C13H17FN2O3S. The lowest BCUT2D eigenvalue weighted by molar-refractivity contribution is 0.0947. The minimum Gasteiger partial charge on any atom is -0.351 e. The molecule has 20 heavy (non-hydrogen) atoms. The van der Waals surface area contributed by atoms with E-state index >= 15 is 0 Å². The SMILES string of the molecule is O=C(NCCN1CCCCS1(=O)=O)c1ccccc1F. The van der Waals surface area contributed by atoms with Gasteiger partial charge in [0.25, 0.3) is 5.91 Å². The fourth-order valence-electron chi connectivity index (χ4n) is 2.13. The van der Waals surface area contributed by atoms with E-state index in [1.54, 1.807) is 6.07 Å². The molecule has 1 amide bonds. The first-order valence-corrected chi connectivity index (χ1v) is 8.12. The lowest BCUT2D eigenvalue weighted by Crippen LogP contribution is -2.42. The van der Waals surface area contributed by atoms with E-state index in [2.05, 4.69) is 5.32 Å². The number of sulfonamides is 1. The summed E-state index contributed by atoms with van der Waals surface area (Å²) in [4.78, 5) is 11.7. The maximum Gasteiger partial charge on any atom is 0.254 e. The second-order valence-electron chi connectivity index (χ2n) is 4.66. The summed E-state index contributed by atoms with van der Waals surface area (Å²) in [7, 11) is -3.19. The first-order chi connectivity index (χ1) is 9.50. The highest BCUT2D eigenvalue weighted by Crippen LogP contribution is 2.12. The molecule has 0 saturated carbocycles. The molecule has 1 heterocycles. The molecule has 1 aliphatic heterocycles. The van der Waals surface area contributed by atoms with E-state index in [-0.39, 0.29) is 24.4 Å². The maximum absolute atomic E-state index is 13.4. The number of hydrogen-bond acceptors (Lipinski definition) is 3. The number of carbonyl (C=O) groups excluding carboxylic acids is 1. The van der Waals surface area contributed by atoms with Crippen LogP contribution in [0.2, 0.25) is 0 Å². The van der Waals surface area contributed by atoms with Crippen LogP contribution in [0, 0.1) is 5.82 Å². The number of nitrogens with zero attached hydrogens (tertiary/aromatic N) is 1. The topological polar surface area (TPSA) is 66.5 Å². The van der Waals surface area contributed by atoms with Crippen LogP contribution in [-0.4, -0.2) is 44.0 Å². The molecule has 1 aromatic rings. The molecule has 5 nitrogen and oxygen atoms in total. The monoisotopic (exact) mass is 300 g/mol. The van der Waals surface area contributed by atoms with Gasteiger partial charge < -0.3 is 5.32 Å². The third-order valence-electron chi connectivity index (χ3n) is 3.22. The summed E-state index contributed by atoms with van der Waals surface area (Å²) in [6.07, 6.45) is 1.51. The van der Waals surface area contributed by atoms with E-state index in [1.165, 1.54) is 22.5 Å². The van der Waals surface area contributed by atoms with Crippen LogP contribution in [0.25, 0.3) is 0 Å². The number of amides is 1. The fourth-order valence-corrected chi connectivity index (χ4v) is 3.73. The number of carbonyl (C=O) groups is 1. The number of hydrogen-bond donors (Lipinski definition) is 1. The van der Waals surface area contributed by atoms with Gasteiger partial charge in [-0.15, -0.1) is 0 Å². The molecule has 0 bridgehead atoms. The van der Waals surface area contributed by atoms with Gasteiger partial charge in [0, 0.05) is 19.6 Å². The maximum atomic E-state index is 13.4. The van der Waals surface area contributed by atoms with Crippen molar-refractivity contribution in [1.29, 1.82) is 0 Å². The molecule has 1 aromatic carbocycles. The van der Waals surface area contributed by atoms with Gasteiger partial charge in [0.05, 0.1) is 11.3 Å². The first-order valence-electron chi connectivity index (χ1n) is 6.51. The lowest BCUT2D eigenvalue weighted by Gasteiger charge is -2.26. The summed E-state index contributed by atoms with van der Waals surface area (Å²) in [5, 5.41) is 2.54. The summed E-state index contributed by atoms with van der Waals surface area (Å²) in [5.74, 6) is -0.957. The Hall–Kier alpha value is -1.47. The first kappa shape index (κ1) is 14.9. The van der Waals surface area contributed by atoms with Crippen molar-refractivity contribution in [2.24, 2.45) is 0 Å². The molecule has 0 aliphatic carbocycles. The Bertz CT molecular complexity index is 589. The molecular weight excluding hydrogens is 283 g/mol. The molecule has 7 heteroatoms. The zero-order chi connectivity index (χ0) is 14.6. The van der Waals surface area contributed by atoms with E-state index < -0.39 is 21.7 Å². The smallest absolute Gasteiger partial charge is 0.254 e. The van der Waals surface area contributed by atoms with Crippen molar-refractivity contribution in [2.45, 2.75) is 12.8 Å². The predicted octanol–water partition coefficient (Wildman–Crippen LogP) is 0.981. The van der Waals surface area contributed by atoms with Crippen molar-refractivity contribution in [3.8, 4) is 0 Å². The summed E-state index contributed by atoms with van der Waals surface area (Å²) in [6.45, 7) is 0.882. The van der Waals surface area contributed by atoms with Crippen molar-refractivity contribution in [1.82, 2.24) is 9.62 Å². The van der Waals surface area contributed by atoms with Crippen molar-refractivity contribution < 1.29 is 17.6 Å². The highest BCUT2D eigenvalue weighted by atomic mass is 32.2. The largest absolute Gasteiger partial charge is 0.351 e.